The van der Waals surface area contributed by atoms with Gasteiger partial charge >= 0.3 is 0 Å². The molecule has 1 aromatic carbocycles. The second-order valence-corrected chi connectivity index (χ2v) is 5.65. The van der Waals surface area contributed by atoms with Crippen LogP contribution in [0.4, 0.5) is 0 Å². The average Bonchev–Trinajstić information content (AvgIpc) is 2.47. The molecule has 0 N–H and O–H groups in total. The summed E-state index contributed by atoms with van der Waals surface area (Å²) in [4.78, 5) is 0. The number of hydrogen-bond donors (Lipinski definition) is 0. The van der Waals surface area contributed by atoms with Crippen molar-refractivity contribution in [3.05, 3.63) is 47.5 Å². The summed E-state index contributed by atoms with van der Waals surface area (Å²) >= 11 is 0. The molecule has 0 atom stereocenters. The second kappa shape index (κ2) is 7.14. The van der Waals surface area contributed by atoms with E-state index in [9.17, 15) is 0 Å². The maximum atomic E-state index is 8.78. The quantitative estimate of drug-likeness (QED) is 0.702. The molecule has 0 bridgehead atoms. The molecule has 0 radical (unpaired) electrons. The Morgan fingerprint density at radius 2 is 1.84 bits per heavy atom. The maximum Gasteiger partial charge on any atom is 0.0991 e. The van der Waals surface area contributed by atoms with Crippen LogP contribution in [0.1, 0.15) is 50.2 Å². The molecule has 0 amide bonds. The van der Waals surface area contributed by atoms with E-state index in [0.29, 0.717) is 0 Å². The van der Waals surface area contributed by atoms with Gasteiger partial charge in [0.05, 0.1) is 11.6 Å². The number of nitriles is 1. The lowest BCUT2D eigenvalue weighted by Gasteiger charge is -2.26. The Hall–Kier alpha value is -1.55. The minimum Gasteiger partial charge on any atom is -0.192 e. The third-order valence-electron chi connectivity index (χ3n) is 4.28. The first-order chi connectivity index (χ1) is 9.31. The number of benzene rings is 1. The zero-order valence-corrected chi connectivity index (χ0v) is 11.8. The van der Waals surface area contributed by atoms with Crippen molar-refractivity contribution in [1.29, 1.82) is 5.26 Å². The molecule has 1 aromatic rings. The van der Waals surface area contributed by atoms with E-state index < -0.39 is 0 Å². The second-order valence-electron chi connectivity index (χ2n) is 5.65. The highest BCUT2D eigenvalue weighted by Crippen LogP contribution is 2.32. The van der Waals surface area contributed by atoms with E-state index in [2.05, 4.69) is 37.3 Å². The normalized spacial score (nSPS) is 23.4. The predicted molar refractivity (Wildman–Crippen MR) is 79.7 cm³/mol. The molecular formula is C18H23N. The fraction of sp³-hybridized carbons (Fsp3) is 0.500. The van der Waals surface area contributed by atoms with E-state index in [1.165, 1.54) is 37.7 Å². The lowest BCUT2D eigenvalue weighted by molar-refractivity contribution is 0.296. The van der Waals surface area contributed by atoms with Crippen LogP contribution in [-0.4, -0.2) is 0 Å². The third kappa shape index (κ3) is 4.24. The van der Waals surface area contributed by atoms with Crippen molar-refractivity contribution in [1.82, 2.24) is 0 Å². The van der Waals surface area contributed by atoms with E-state index in [4.69, 9.17) is 5.26 Å². The summed E-state index contributed by atoms with van der Waals surface area (Å²) in [5.41, 5.74) is 2.13. The van der Waals surface area contributed by atoms with Crippen LogP contribution in [0.5, 0.6) is 0 Å². The number of allylic oxidation sites excluding steroid dienone is 2. The van der Waals surface area contributed by atoms with Gasteiger partial charge in [-0.25, -0.2) is 0 Å². The molecule has 0 spiro atoms. The molecule has 0 aromatic heterocycles. The number of aryl methyl sites for hydroxylation is 1. The van der Waals surface area contributed by atoms with Crippen molar-refractivity contribution in [3.8, 4) is 6.07 Å². The highest BCUT2D eigenvalue weighted by Gasteiger charge is 2.18. The van der Waals surface area contributed by atoms with Crippen molar-refractivity contribution in [3.63, 3.8) is 0 Å². The van der Waals surface area contributed by atoms with Gasteiger partial charge in [0.25, 0.3) is 0 Å². The van der Waals surface area contributed by atoms with Crippen LogP contribution in [-0.2, 0) is 6.42 Å². The van der Waals surface area contributed by atoms with Gasteiger partial charge < -0.3 is 0 Å². The summed E-state index contributed by atoms with van der Waals surface area (Å²) in [6, 6.07) is 10.2. The SMILES string of the molecule is C/C=C/C1CCC(CCc2ccc(C#N)cc2)CC1. The molecule has 1 aliphatic carbocycles. The van der Waals surface area contributed by atoms with Gasteiger partial charge in [0.15, 0.2) is 0 Å². The predicted octanol–water partition coefficient (Wildman–Crippen LogP) is 4.87. The minimum absolute atomic E-state index is 0.760. The monoisotopic (exact) mass is 253 g/mol. The van der Waals surface area contributed by atoms with Gasteiger partial charge in [-0.1, -0.05) is 24.3 Å². The van der Waals surface area contributed by atoms with Crippen molar-refractivity contribution >= 4 is 0 Å². The fourth-order valence-corrected chi connectivity index (χ4v) is 3.06. The summed E-state index contributed by atoms with van der Waals surface area (Å²) in [5.74, 6) is 1.73. The Balaban J connectivity index is 1.75. The van der Waals surface area contributed by atoms with Crippen molar-refractivity contribution in [2.24, 2.45) is 11.8 Å². The Kier molecular flexibility index (Phi) is 5.21. The molecule has 19 heavy (non-hydrogen) atoms. The highest BCUT2D eigenvalue weighted by molar-refractivity contribution is 5.31. The number of hydrogen-bond acceptors (Lipinski definition) is 1. The lowest BCUT2D eigenvalue weighted by Crippen LogP contribution is -2.13. The Bertz CT molecular complexity index is 442. The average molecular weight is 253 g/mol. The van der Waals surface area contributed by atoms with Gasteiger partial charge in [0, 0.05) is 0 Å². The molecule has 2 rings (SSSR count). The third-order valence-corrected chi connectivity index (χ3v) is 4.28. The number of nitrogens with zero attached hydrogens (tertiary/aromatic N) is 1. The van der Waals surface area contributed by atoms with Crippen LogP contribution >= 0.6 is 0 Å². The van der Waals surface area contributed by atoms with Gasteiger partial charge in [0.1, 0.15) is 0 Å². The molecule has 1 aliphatic rings. The summed E-state index contributed by atoms with van der Waals surface area (Å²) < 4.78 is 0. The minimum atomic E-state index is 0.760. The smallest absolute Gasteiger partial charge is 0.0991 e. The molecule has 1 fully saturated rings. The summed E-state index contributed by atoms with van der Waals surface area (Å²) in [6.07, 6.45) is 12.5. The fourth-order valence-electron chi connectivity index (χ4n) is 3.06. The largest absolute Gasteiger partial charge is 0.192 e. The van der Waals surface area contributed by atoms with Gasteiger partial charge in [-0.3, -0.25) is 0 Å². The molecule has 100 valence electrons. The summed E-state index contributed by atoms with van der Waals surface area (Å²) in [7, 11) is 0. The molecule has 1 heteroatoms. The van der Waals surface area contributed by atoms with E-state index in [0.717, 1.165) is 23.8 Å². The van der Waals surface area contributed by atoms with E-state index in [-0.39, 0.29) is 0 Å². The first kappa shape index (κ1) is 13.9. The maximum absolute atomic E-state index is 8.78. The topological polar surface area (TPSA) is 23.8 Å². The Morgan fingerprint density at radius 1 is 1.16 bits per heavy atom. The van der Waals surface area contributed by atoms with E-state index >= 15 is 0 Å². The molecule has 1 saturated carbocycles. The van der Waals surface area contributed by atoms with E-state index in [1.54, 1.807) is 0 Å². The Morgan fingerprint density at radius 3 is 2.42 bits per heavy atom. The van der Waals surface area contributed by atoms with Gasteiger partial charge in [-0.2, -0.15) is 5.26 Å². The molecule has 0 saturated heterocycles. The van der Waals surface area contributed by atoms with Gasteiger partial charge in [-0.15, -0.1) is 0 Å². The van der Waals surface area contributed by atoms with Crippen LogP contribution in [0.3, 0.4) is 0 Å². The van der Waals surface area contributed by atoms with Crippen LogP contribution in [0, 0.1) is 23.2 Å². The van der Waals surface area contributed by atoms with Crippen molar-refractivity contribution in [2.45, 2.75) is 45.4 Å². The zero-order valence-electron chi connectivity index (χ0n) is 11.8. The Labute approximate surface area is 117 Å². The van der Waals surface area contributed by atoms with Crippen LogP contribution in [0.25, 0.3) is 0 Å². The molecule has 0 heterocycles. The van der Waals surface area contributed by atoms with Crippen LogP contribution in [0.15, 0.2) is 36.4 Å². The number of rotatable bonds is 4. The first-order valence-corrected chi connectivity index (χ1v) is 7.43. The highest BCUT2D eigenvalue weighted by atomic mass is 14.2. The van der Waals surface area contributed by atoms with Gasteiger partial charge in [0.2, 0.25) is 0 Å². The van der Waals surface area contributed by atoms with Crippen LogP contribution < -0.4 is 0 Å². The first-order valence-electron chi connectivity index (χ1n) is 7.43. The standard InChI is InChI=1S/C18H23N/c1-2-3-15-4-6-16(7-5-15)8-9-17-10-12-18(14-19)13-11-17/h2-3,10-13,15-16H,4-9H2,1H3/b3-2+. The molecule has 1 nitrogen and oxygen atoms in total. The molecule has 0 unspecified atom stereocenters. The molecule has 0 aliphatic heterocycles. The van der Waals surface area contributed by atoms with Gasteiger partial charge in [-0.05, 0) is 75.0 Å². The van der Waals surface area contributed by atoms with Crippen molar-refractivity contribution in [2.75, 3.05) is 0 Å². The summed E-state index contributed by atoms with van der Waals surface area (Å²) in [6.45, 7) is 2.12. The summed E-state index contributed by atoms with van der Waals surface area (Å²) in [5, 5.41) is 8.78. The van der Waals surface area contributed by atoms with Crippen molar-refractivity contribution < 1.29 is 0 Å². The zero-order chi connectivity index (χ0) is 13.5. The van der Waals surface area contributed by atoms with Crippen LogP contribution in [0.2, 0.25) is 0 Å². The molecular weight excluding hydrogens is 230 g/mol. The lowest BCUT2D eigenvalue weighted by atomic mass is 9.79. The van der Waals surface area contributed by atoms with E-state index in [1.807, 2.05) is 12.1 Å².